The second kappa shape index (κ2) is 9.58. The van der Waals surface area contributed by atoms with Crippen molar-refractivity contribution in [2.24, 2.45) is 0 Å². The average Bonchev–Trinajstić information content (AvgIpc) is 3.05. The van der Waals surface area contributed by atoms with Gasteiger partial charge in [-0.3, -0.25) is 4.79 Å². The molecule has 2 aromatic carbocycles. The molecule has 0 fully saturated rings. The molecule has 3 aromatic rings. The van der Waals surface area contributed by atoms with Crippen molar-refractivity contribution < 1.29 is 23.6 Å². The zero-order chi connectivity index (χ0) is 21.7. The van der Waals surface area contributed by atoms with E-state index >= 15 is 0 Å². The molecule has 0 aliphatic heterocycles. The molecule has 0 aliphatic rings. The molecule has 0 radical (unpaired) electrons. The standard InChI is InChI=1S/C22H21BrN2O5/c1-13-20(14(2)30-25-13)12-28-19-10-4-16(5-11-19)22(27)29-15(3)21(26)24-18-8-6-17(23)7-9-18/h4-11,15H,12H2,1-3H3,(H,24,26). The molecule has 1 N–H and O–H groups in total. The Hall–Kier alpha value is -3.13. The minimum atomic E-state index is -0.948. The normalized spacial score (nSPS) is 11.6. The van der Waals surface area contributed by atoms with E-state index < -0.39 is 18.0 Å². The van der Waals surface area contributed by atoms with Crippen LogP contribution in [0.3, 0.4) is 0 Å². The Morgan fingerprint density at radius 3 is 2.37 bits per heavy atom. The van der Waals surface area contributed by atoms with Crippen LogP contribution in [0.4, 0.5) is 5.69 Å². The molecule has 1 unspecified atom stereocenters. The molecule has 0 aliphatic carbocycles. The average molecular weight is 473 g/mol. The summed E-state index contributed by atoms with van der Waals surface area (Å²) in [5.41, 5.74) is 2.61. The van der Waals surface area contributed by atoms with Gasteiger partial charge in [0.1, 0.15) is 18.1 Å². The summed E-state index contributed by atoms with van der Waals surface area (Å²) in [6.45, 7) is 5.51. The number of aromatic nitrogens is 1. The van der Waals surface area contributed by atoms with Crippen LogP contribution < -0.4 is 10.1 Å². The number of hydrogen-bond donors (Lipinski definition) is 1. The van der Waals surface area contributed by atoms with Gasteiger partial charge in [-0.1, -0.05) is 21.1 Å². The quantitative estimate of drug-likeness (QED) is 0.495. The highest BCUT2D eigenvalue weighted by atomic mass is 79.9. The molecule has 0 saturated heterocycles. The van der Waals surface area contributed by atoms with E-state index in [1.165, 1.54) is 6.92 Å². The number of carbonyl (C=O) groups excluding carboxylic acids is 2. The van der Waals surface area contributed by atoms with Gasteiger partial charge in [-0.2, -0.15) is 0 Å². The van der Waals surface area contributed by atoms with Crippen molar-refractivity contribution in [3.63, 3.8) is 0 Å². The molecular formula is C22H21BrN2O5. The van der Waals surface area contributed by atoms with E-state index in [1.807, 2.05) is 26.0 Å². The third-order valence-corrected chi connectivity index (χ3v) is 4.95. The Morgan fingerprint density at radius 2 is 1.77 bits per heavy atom. The van der Waals surface area contributed by atoms with Gasteiger partial charge in [-0.05, 0) is 69.3 Å². The molecule has 1 atom stereocenters. The van der Waals surface area contributed by atoms with Gasteiger partial charge in [0, 0.05) is 10.2 Å². The summed E-state index contributed by atoms with van der Waals surface area (Å²) in [7, 11) is 0. The fourth-order valence-corrected chi connectivity index (χ4v) is 2.87. The van der Waals surface area contributed by atoms with E-state index in [-0.39, 0.29) is 0 Å². The molecule has 1 amide bonds. The van der Waals surface area contributed by atoms with Gasteiger partial charge in [0.05, 0.1) is 16.8 Å². The maximum atomic E-state index is 12.3. The zero-order valence-corrected chi connectivity index (χ0v) is 18.4. The first-order valence-electron chi connectivity index (χ1n) is 9.25. The van der Waals surface area contributed by atoms with Crippen molar-refractivity contribution >= 4 is 33.5 Å². The molecule has 1 aromatic heterocycles. The molecule has 0 saturated carbocycles. The molecular weight excluding hydrogens is 452 g/mol. The largest absolute Gasteiger partial charge is 0.489 e. The second-order valence-electron chi connectivity index (χ2n) is 6.66. The van der Waals surface area contributed by atoms with E-state index in [0.717, 1.165) is 15.7 Å². The molecule has 7 nitrogen and oxygen atoms in total. The number of hydrogen-bond acceptors (Lipinski definition) is 6. The number of benzene rings is 2. The summed E-state index contributed by atoms with van der Waals surface area (Å²) >= 11 is 3.33. The smallest absolute Gasteiger partial charge is 0.338 e. The Bertz CT molecular complexity index is 1010. The Morgan fingerprint density at radius 1 is 1.10 bits per heavy atom. The summed E-state index contributed by atoms with van der Waals surface area (Å²) in [4.78, 5) is 24.6. The number of anilines is 1. The number of halogens is 1. The topological polar surface area (TPSA) is 90.7 Å². The van der Waals surface area contributed by atoms with Crippen LogP contribution >= 0.6 is 15.9 Å². The number of rotatable bonds is 7. The highest BCUT2D eigenvalue weighted by Crippen LogP contribution is 2.19. The summed E-state index contributed by atoms with van der Waals surface area (Å²) in [6.07, 6.45) is -0.948. The molecule has 0 bridgehead atoms. The number of esters is 1. The van der Waals surface area contributed by atoms with Gasteiger partial charge in [0.2, 0.25) is 0 Å². The van der Waals surface area contributed by atoms with Crippen molar-refractivity contribution in [3.05, 3.63) is 75.6 Å². The van der Waals surface area contributed by atoms with Crippen LogP contribution in [-0.2, 0) is 16.1 Å². The first-order valence-corrected chi connectivity index (χ1v) is 10.0. The molecule has 1 heterocycles. The van der Waals surface area contributed by atoms with Gasteiger partial charge in [-0.15, -0.1) is 0 Å². The predicted octanol–water partition coefficient (Wildman–Crippen LogP) is 4.82. The Labute approximate surface area is 182 Å². The van der Waals surface area contributed by atoms with Crippen molar-refractivity contribution in [1.82, 2.24) is 5.16 Å². The lowest BCUT2D eigenvalue weighted by molar-refractivity contribution is -0.123. The summed E-state index contributed by atoms with van der Waals surface area (Å²) in [5.74, 6) is 0.298. The van der Waals surface area contributed by atoms with Crippen molar-refractivity contribution in [3.8, 4) is 5.75 Å². The van der Waals surface area contributed by atoms with Crippen LogP contribution in [0, 0.1) is 13.8 Å². The first kappa shape index (κ1) is 21.6. The fraction of sp³-hybridized carbons (Fsp3) is 0.227. The maximum absolute atomic E-state index is 12.3. The number of nitrogens with one attached hydrogen (secondary N) is 1. The van der Waals surface area contributed by atoms with Crippen LogP contribution in [0.2, 0.25) is 0 Å². The van der Waals surface area contributed by atoms with Crippen LogP contribution in [-0.4, -0.2) is 23.1 Å². The second-order valence-corrected chi connectivity index (χ2v) is 7.58. The lowest BCUT2D eigenvalue weighted by Gasteiger charge is -2.14. The van der Waals surface area contributed by atoms with E-state index in [2.05, 4.69) is 26.4 Å². The maximum Gasteiger partial charge on any atom is 0.338 e. The van der Waals surface area contributed by atoms with Crippen LogP contribution in [0.15, 0.2) is 57.5 Å². The van der Waals surface area contributed by atoms with Gasteiger partial charge < -0.3 is 19.3 Å². The van der Waals surface area contributed by atoms with E-state index in [4.69, 9.17) is 14.0 Å². The van der Waals surface area contributed by atoms with E-state index in [1.54, 1.807) is 36.4 Å². The minimum Gasteiger partial charge on any atom is -0.489 e. The van der Waals surface area contributed by atoms with E-state index in [9.17, 15) is 9.59 Å². The SMILES string of the molecule is Cc1noc(C)c1COc1ccc(C(=O)OC(C)C(=O)Nc2ccc(Br)cc2)cc1. The number of aryl methyl sites for hydroxylation is 2. The molecule has 156 valence electrons. The lowest BCUT2D eigenvalue weighted by Crippen LogP contribution is -2.29. The van der Waals surface area contributed by atoms with Crippen molar-refractivity contribution in [2.75, 3.05) is 5.32 Å². The zero-order valence-electron chi connectivity index (χ0n) is 16.8. The summed E-state index contributed by atoms with van der Waals surface area (Å²) < 4.78 is 17.0. The number of carbonyl (C=O) groups is 2. The highest BCUT2D eigenvalue weighted by Gasteiger charge is 2.19. The molecule has 30 heavy (non-hydrogen) atoms. The number of amides is 1. The van der Waals surface area contributed by atoms with Gasteiger partial charge in [0.15, 0.2) is 6.10 Å². The Balaban J connectivity index is 1.53. The van der Waals surface area contributed by atoms with Gasteiger partial charge >= 0.3 is 5.97 Å². The van der Waals surface area contributed by atoms with Crippen LogP contribution in [0.5, 0.6) is 5.75 Å². The van der Waals surface area contributed by atoms with Crippen molar-refractivity contribution in [2.45, 2.75) is 33.5 Å². The summed E-state index contributed by atoms with van der Waals surface area (Å²) in [6, 6.07) is 13.6. The highest BCUT2D eigenvalue weighted by molar-refractivity contribution is 9.10. The predicted molar refractivity (Wildman–Crippen MR) is 114 cm³/mol. The van der Waals surface area contributed by atoms with Crippen molar-refractivity contribution in [1.29, 1.82) is 0 Å². The Kier molecular flexibility index (Phi) is 6.89. The van der Waals surface area contributed by atoms with E-state index in [0.29, 0.717) is 29.4 Å². The van der Waals surface area contributed by atoms with Gasteiger partial charge in [-0.25, -0.2) is 4.79 Å². The number of nitrogens with zero attached hydrogens (tertiary/aromatic N) is 1. The molecule has 0 spiro atoms. The lowest BCUT2D eigenvalue weighted by atomic mass is 10.2. The minimum absolute atomic E-state index is 0.318. The van der Waals surface area contributed by atoms with Crippen LogP contribution in [0.1, 0.15) is 34.3 Å². The van der Waals surface area contributed by atoms with Crippen LogP contribution in [0.25, 0.3) is 0 Å². The summed E-state index contributed by atoms with van der Waals surface area (Å²) in [5, 5.41) is 6.59. The molecule has 3 rings (SSSR count). The third-order valence-electron chi connectivity index (χ3n) is 4.42. The van der Waals surface area contributed by atoms with Gasteiger partial charge in [0.25, 0.3) is 5.91 Å². The third kappa shape index (κ3) is 5.48. The first-order chi connectivity index (χ1) is 14.3. The number of ether oxygens (including phenoxy) is 2. The molecule has 8 heteroatoms. The monoisotopic (exact) mass is 472 g/mol. The fourth-order valence-electron chi connectivity index (χ4n) is 2.61.